The molecule has 1 aliphatic rings. The van der Waals surface area contributed by atoms with Crippen LogP contribution in [0.5, 0.6) is 0 Å². The molecule has 0 saturated carbocycles. The Morgan fingerprint density at radius 3 is 2.78 bits per heavy atom. The van der Waals surface area contributed by atoms with Gasteiger partial charge in [-0.1, -0.05) is 32.0 Å². The molecular weight excluding hydrogens is 220 g/mol. The molecule has 0 aliphatic carbocycles. The van der Waals surface area contributed by atoms with Gasteiger partial charge in [0.05, 0.1) is 0 Å². The van der Waals surface area contributed by atoms with E-state index in [1.807, 2.05) is 0 Å². The van der Waals surface area contributed by atoms with Gasteiger partial charge >= 0.3 is 0 Å². The molecule has 1 N–H and O–H groups in total. The largest absolute Gasteiger partial charge is 0.374 e. The summed E-state index contributed by atoms with van der Waals surface area (Å²) < 4.78 is 0. The van der Waals surface area contributed by atoms with Crippen LogP contribution in [-0.2, 0) is 0 Å². The predicted octanol–water partition coefficient (Wildman–Crippen LogP) is 3.25. The summed E-state index contributed by atoms with van der Waals surface area (Å²) in [7, 11) is 2.23. The summed E-state index contributed by atoms with van der Waals surface area (Å²) in [4.78, 5) is 2.44. The average Bonchev–Trinajstić information content (AvgIpc) is 2.40. The second kappa shape index (κ2) is 6.24. The third kappa shape index (κ3) is 3.26. The molecule has 0 aromatic heterocycles. The van der Waals surface area contributed by atoms with Crippen molar-refractivity contribution in [3.05, 3.63) is 29.8 Å². The maximum Gasteiger partial charge on any atom is 0.0398 e. The summed E-state index contributed by atoms with van der Waals surface area (Å²) in [5.41, 5.74) is 2.86. The van der Waals surface area contributed by atoms with Crippen molar-refractivity contribution in [2.75, 3.05) is 31.6 Å². The van der Waals surface area contributed by atoms with E-state index in [4.69, 9.17) is 0 Å². The lowest BCUT2D eigenvalue weighted by Crippen LogP contribution is -2.37. The SMILES string of the molecule is CC(C)c1ccccc1N(C)CC1CCCNC1. The normalized spacial score (nSPS) is 20.1. The van der Waals surface area contributed by atoms with E-state index >= 15 is 0 Å². The molecule has 2 rings (SSSR count). The standard InChI is InChI=1S/C16H26N2/c1-13(2)15-8-4-5-9-16(15)18(3)12-14-7-6-10-17-11-14/h4-5,8-9,13-14,17H,6-7,10-12H2,1-3H3. The Balaban J connectivity index is 2.05. The summed E-state index contributed by atoms with van der Waals surface area (Å²) in [6, 6.07) is 8.81. The molecule has 1 atom stereocenters. The smallest absolute Gasteiger partial charge is 0.0398 e. The fourth-order valence-corrected chi connectivity index (χ4v) is 2.89. The topological polar surface area (TPSA) is 15.3 Å². The van der Waals surface area contributed by atoms with Crippen LogP contribution in [0.1, 0.15) is 38.2 Å². The average molecular weight is 246 g/mol. The quantitative estimate of drug-likeness (QED) is 0.877. The van der Waals surface area contributed by atoms with Gasteiger partial charge in [-0.05, 0) is 49.4 Å². The van der Waals surface area contributed by atoms with Gasteiger partial charge in [-0.15, -0.1) is 0 Å². The van der Waals surface area contributed by atoms with E-state index in [0.29, 0.717) is 5.92 Å². The van der Waals surface area contributed by atoms with Gasteiger partial charge in [0.2, 0.25) is 0 Å². The van der Waals surface area contributed by atoms with Crippen LogP contribution in [0.2, 0.25) is 0 Å². The molecule has 0 radical (unpaired) electrons. The van der Waals surface area contributed by atoms with Crippen molar-refractivity contribution in [3.63, 3.8) is 0 Å². The summed E-state index contributed by atoms with van der Waals surface area (Å²) in [5, 5.41) is 3.50. The van der Waals surface area contributed by atoms with Crippen LogP contribution in [0.25, 0.3) is 0 Å². The van der Waals surface area contributed by atoms with E-state index in [-0.39, 0.29) is 0 Å². The van der Waals surface area contributed by atoms with Gasteiger partial charge in [-0.3, -0.25) is 0 Å². The van der Waals surface area contributed by atoms with Crippen LogP contribution in [0, 0.1) is 5.92 Å². The predicted molar refractivity (Wildman–Crippen MR) is 79.4 cm³/mol. The number of anilines is 1. The molecule has 1 heterocycles. The highest BCUT2D eigenvalue weighted by atomic mass is 15.1. The van der Waals surface area contributed by atoms with Crippen molar-refractivity contribution in [2.24, 2.45) is 5.92 Å². The highest BCUT2D eigenvalue weighted by molar-refractivity contribution is 5.54. The number of nitrogens with one attached hydrogen (secondary N) is 1. The van der Waals surface area contributed by atoms with Gasteiger partial charge in [0.15, 0.2) is 0 Å². The number of nitrogens with zero attached hydrogens (tertiary/aromatic N) is 1. The Morgan fingerprint density at radius 1 is 1.33 bits per heavy atom. The molecule has 1 saturated heterocycles. The first-order valence-electron chi connectivity index (χ1n) is 7.19. The first kappa shape index (κ1) is 13.4. The minimum Gasteiger partial charge on any atom is -0.374 e. The zero-order valence-electron chi connectivity index (χ0n) is 11.9. The Hall–Kier alpha value is -1.02. The third-order valence-corrected chi connectivity index (χ3v) is 3.90. The number of benzene rings is 1. The first-order valence-corrected chi connectivity index (χ1v) is 7.19. The molecule has 0 spiro atoms. The summed E-state index contributed by atoms with van der Waals surface area (Å²) in [6.07, 6.45) is 2.69. The molecule has 1 fully saturated rings. The molecule has 2 heteroatoms. The highest BCUT2D eigenvalue weighted by Crippen LogP contribution is 2.27. The maximum atomic E-state index is 3.50. The minimum absolute atomic E-state index is 0.591. The van der Waals surface area contributed by atoms with Crippen molar-refractivity contribution in [1.29, 1.82) is 0 Å². The van der Waals surface area contributed by atoms with Gasteiger partial charge in [-0.25, -0.2) is 0 Å². The molecule has 18 heavy (non-hydrogen) atoms. The lowest BCUT2D eigenvalue weighted by Gasteiger charge is -2.30. The number of piperidine rings is 1. The van der Waals surface area contributed by atoms with Gasteiger partial charge in [0, 0.05) is 19.3 Å². The van der Waals surface area contributed by atoms with E-state index in [9.17, 15) is 0 Å². The number of hydrogen-bond acceptors (Lipinski definition) is 2. The lowest BCUT2D eigenvalue weighted by molar-refractivity contribution is 0.381. The molecule has 1 aromatic carbocycles. The molecule has 2 nitrogen and oxygen atoms in total. The van der Waals surface area contributed by atoms with Crippen LogP contribution >= 0.6 is 0 Å². The molecule has 0 amide bonds. The van der Waals surface area contributed by atoms with Crippen molar-refractivity contribution in [2.45, 2.75) is 32.6 Å². The third-order valence-electron chi connectivity index (χ3n) is 3.90. The van der Waals surface area contributed by atoms with Gasteiger partial charge in [-0.2, -0.15) is 0 Å². The molecular formula is C16H26N2. The molecule has 1 unspecified atom stereocenters. The molecule has 1 aliphatic heterocycles. The summed E-state index contributed by atoms with van der Waals surface area (Å²) in [6.45, 7) is 8.08. The fourth-order valence-electron chi connectivity index (χ4n) is 2.89. The Labute approximate surface area is 111 Å². The number of para-hydroxylation sites is 1. The van der Waals surface area contributed by atoms with Crippen LogP contribution in [0.3, 0.4) is 0 Å². The van der Waals surface area contributed by atoms with Crippen LogP contribution < -0.4 is 10.2 Å². The monoisotopic (exact) mass is 246 g/mol. The first-order chi connectivity index (χ1) is 8.68. The molecule has 1 aromatic rings. The fraction of sp³-hybridized carbons (Fsp3) is 0.625. The van der Waals surface area contributed by atoms with Crippen molar-refractivity contribution in [1.82, 2.24) is 5.32 Å². The number of rotatable bonds is 4. The number of hydrogen-bond donors (Lipinski definition) is 1. The van der Waals surface area contributed by atoms with E-state index in [1.54, 1.807) is 0 Å². The molecule has 100 valence electrons. The van der Waals surface area contributed by atoms with E-state index in [1.165, 1.54) is 37.2 Å². The summed E-state index contributed by atoms with van der Waals surface area (Å²) in [5.74, 6) is 1.39. The van der Waals surface area contributed by atoms with Crippen LogP contribution in [0.15, 0.2) is 24.3 Å². The summed E-state index contributed by atoms with van der Waals surface area (Å²) >= 11 is 0. The maximum absolute atomic E-state index is 3.50. The van der Waals surface area contributed by atoms with E-state index in [2.05, 4.69) is 55.4 Å². The lowest BCUT2D eigenvalue weighted by atomic mass is 9.97. The van der Waals surface area contributed by atoms with Crippen LogP contribution in [0.4, 0.5) is 5.69 Å². The zero-order valence-corrected chi connectivity index (χ0v) is 11.9. The Kier molecular flexibility index (Phi) is 4.65. The van der Waals surface area contributed by atoms with Gasteiger partial charge < -0.3 is 10.2 Å². The van der Waals surface area contributed by atoms with E-state index in [0.717, 1.165) is 12.5 Å². The van der Waals surface area contributed by atoms with E-state index < -0.39 is 0 Å². The van der Waals surface area contributed by atoms with Gasteiger partial charge in [0.1, 0.15) is 0 Å². The highest BCUT2D eigenvalue weighted by Gasteiger charge is 2.17. The second-order valence-electron chi connectivity index (χ2n) is 5.81. The van der Waals surface area contributed by atoms with Gasteiger partial charge in [0.25, 0.3) is 0 Å². The second-order valence-corrected chi connectivity index (χ2v) is 5.81. The Morgan fingerprint density at radius 2 is 2.11 bits per heavy atom. The van der Waals surface area contributed by atoms with Crippen molar-refractivity contribution < 1.29 is 0 Å². The zero-order chi connectivity index (χ0) is 13.0. The van der Waals surface area contributed by atoms with Crippen LogP contribution in [-0.4, -0.2) is 26.7 Å². The van der Waals surface area contributed by atoms with Crippen molar-refractivity contribution >= 4 is 5.69 Å². The Bertz CT molecular complexity index is 367. The van der Waals surface area contributed by atoms with Crippen molar-refractivity contribution in [3.8, 4) is 0 Å². The minimum atomic E-state index is 0.591. The molecule has 0 bridgehead atoms.